The molecule has 21 amide bonds. The fraction of sp³-hybridized carbons (Fsp3) is 0.658. The summed E-state index contributed by atoms with van der Waals surface area (Å²) in [7, 11) is 2.86. The second-order valence-corrected chi connectivity index (χ2v) is 38.4. The molecule has 0 spiro atoms. The topological polar surface area (TPSA) is 920 Å². The number of H-pyrrole nitrogens is 1. The van der Waals surface area contributed by atoms with E-state index < -0.39 is 337 Å². The highest BCUT2D eigenvalue weighted by molar-refractivity contribution is 8.77. The molecule has 0 saturated carbocycles. The van der Waals surface area contributed by atoms with Gasteiger partial charge in [-0.3, -0.25) is 116 Å². The average Bonchev–Trinajstić information content (AvgIpc) is 1.66. The molecule has 19 atom stereocenters. The van der Waals surface area contributed by atoms with E-state index >= 15 is 19.2 Å². The number of aliphatic hydroxyl groups is 1. The van der Waals surface area contributed by atoms with Crippen LogP contribution < -0.4 is 142 Å². The summed E-state index contributed by atoms with van der Waals surface area (Å²) in [4.78, 5) is 320. The number of aliphatic hydroxyl groups excluding tert-OH is 1. The largest absolute Gasteiger partial charge is 0.481 e. The second kappa shape index (κ2) is 60.2. The number of aliphatic carboxylic acids is 1. The van der Waals surface area contributed by atoms with Gasteiger partial charge in [0.2, 0.25) is 124 Å². The van der Waals surface area contributed by atoms with Crippen molar-refractivity contribution in [3.8, 4) is 0 Å². The molecule has 0 aliphatic carbocycles. The van der Waals surface area contributed by atoms with E-state index in [9.17, 15) is 96.5 Å². The Balaban J connectivity index is 2.11. The molecule has 3 aliphatic rings. The number of fused-ring (bicyclic) bond motifs is 12. The summed E-state index contributed by atoms with van der Waals surface area (Å²) in [5.41, 5.74) is 46.2. The summed E-state index contributed by atoms with van der Waals surface area (Å²) < 4.78 is 0. The second-order valence-electron chi connectivity index (χ2n) is 33.3. The molecule has 0 aromatic carbocycles. The van der Waals surface area contributed by atoms with Crippen molar-refractivity contribution in [3.63, 3.8) is 0 Å². The van der Waals surface area contributed by atoms with Gasteiger partial charge in [0.1, 0.15) is 103 Å². The van der Waals surface area contributed by atoms with Crippen LogP contribution in [0, 0.1) is 16.7 Å². The quantitative estimate of drug-likeness (QED) is 0.0130. The van der Waals surface area contributed by atoms with E-state index in [1.54, 1.807) is 13.8 Å². The molecular formula is C79H131N31O24S4. The van der Waals surface area contributed by atoms with Crippen LogP contribution >= 0.6 is 43.2 Å². The van der Waals surface area contributed by atoms with Crippen molar-refractivity contribution < 1.29 is 116 Å². The lowest BCUT2D eigenvalue weighted by molar-refractivity contribution is -0.142. The number of guanidine groups is 2. The van der Waals surface area contributed by atoms with E-state index in [4.69, 9.17) is 56.7 Å². The Morgan fingerprint density at radius 3 is 1.46 bits per heavy atom. The number of carboxylic acids is 1. The van der Waals surface area contributed by atoms with Crippen LogP contribution in [0.2, 0.25) is 0 Å². The molecule has 1 aromatic heterocycles. The first-order chi connectivity index (χ1) is 65.0. The number of hydrogen-bond donors (Lipinski definition) is 31. The van der Waals surface area contributed by atoms with Crippen LogP contribution in [0.5, 0.6) is 0 Å². The average molecular weight is 2030 g/mol. The van der Waals surface area contributed by atoms with Crippen molar-refractivity contribution in [1.29, 1.82) is 10.8 Å². The number of hydrogen-bond acceptors (Lipinski definition) is 32. The molecule has 3 saturated heterocycles. The summed E-state index contributed by atoms with van der Waals surface area (Å²) in [6, 6.07) is -31.5. The number of nitrogens with zero attached hydrogens (tertiary/aromatic N) is 2. The lowest BCUT2D eigenvalue weighted by Crippen LogP contribution is -2.61. The maximum absolute atomic E-state index is 15.4. The van der Waals surface area contributed by atoms with Crippen LogP contribution in [0.25, 0.3) is 0 Å². The molecule has 59 heteroatoms. The molecule has 1 aromatic rings. The Kier molecular flexibility index (Phi) is 51.3. The number of aromatic amines is 1. The Labute approximate surface area is 809 Å². The highest BCUT2D eigenvalue weighted by Gasteiger charge is 2.43. The van der Waals surface area contributed by atoms with E-state index in [1.807, 2.05) is 0 Å². The third kappa shape index (κ3) is 42.5. The zero-order chi connectivity index (χ0) is 103. The Bertz CT molecular complexity index is 4470. The zero-order valence-corrected chi connectivity index (χ0v) is 80.4. The Hall–Kier alpha value is -12.6. The SMILES string of the molecule is CC(C)C[C@@H]1NC(=O)[C@H](C)NC(=O)[C@H](C(C)O)NC(=O)C(CCC(=O)O)NC(=O)[C@@H]2CCCN2C(=O)[C@H](C)NC(=O)[C@H](CCCCN)NC(=O)[C@@H]2CSSC[C@@H](C(=O)N[C@@H](CCC(N)=O)C(=O)N[C@@H](CCC(N)=O)C(=O)N[C@@H](Cc3cnc[nH]3)C(N)=O)NC(=O)[C@H](CCCNC(=N)N)NC(=O)[C@H](CCCNC(=N)N)NC(=O)[C@H](C)NC(=O)[C@H](CSSC[C@H](N)C(=O)N[C@@H](CC(N)=O)C(=O)N2)NC1=O. The molecule has 2 unspecified atom stereocenters. The van der Waals surface area contributed by atoms with Crippen molar-refractivity contribution in [1.82, 2.24) is 111 Å². The minimum atomic E-state index is -2.01. The predicted molar refractivity (Wildman–Crippen MR) is 502 cm³/mol. The van der Waals surface area contributed by atoms with Gasteiger partial charge in [0.25, 0.3) is 0 Å². The number of imidazole rings is 1. The van der Waals surface area contributed by atoms with Crippen molar-refractivity contribution in [2.24, 2.45) is 51.8 Å². The van der Waals surface area contributed by atoms with Gasteiger partial charge in [0.15, 0.2) is 11.9 Å². The maximum Gasteiger partial charge on any atom is 0.303 e. The molecule has 2 bridgehead atoms. The van der Waals surface area contributed by atoms with E-state index in [1.165, 1.54) is 19.4 Å². The number of carbonyl (C=O) groups excluding carboxylic acids is 21. The van der Waals surface area contributed by atoms with Gasteiger partial charge < -0.3 is 162 Å². The monoisotopic (exact) mass is 2030 g/mol. The molecule has 138 heavy (non-hydrogen) atoms. The van der Waals surface area contributed by atoms with Gasteiger partial charge in [-0.15, -0.1) is 0 Å². The van der Waals surface area contributed by atoms with E-state index in [2.05, 4.69) is 106 Å². The standard InChI is InChI=1S/C79H131N31O24S4/c1-35(2)26-49-70(127)107-51-31-136-135-30-41(81)63(120)105-50(28-57(84)114)71(128)108-53(73(130)99-42(12-7-8-22-80)64(121)96-38(5)77(134)110-25-11-15-54(110)75(132)102-47(18-21-58(115)116)69(126)109-59(39(6)111)76(133)95-37(4)62(119)104-49)33-138-137-32-52(106-66(123)44(14-10-24-92-79(88)89)98-65(122)43(13-9-23-91-78(86)87)97-61(118)36(3)94-72(51)129)74(131)101-45(16-19-55(82)112)67(124)100-46(17-20-56(83)113)68(125)103-48(60(85)117)27-40-29-90-34-93-40/h29,34-39,41-54,59,111H,7-28,30-33,80-81H2,1-6H3,(H2,82,112)(H2,83,113)(H2,84,114)(H2,85,117)(H,90,93)(H,94,129)(H,95,133)(H,96,121)(H,97,118)(H,98,122)(H,99,130)(H,100,124)(H,101,131)(H,102,132)(H,103,125)(H,104,119)(H,105,120)(H,106,123)(H,107,127)(H,108,128)(H,109,126)(H,115,116)(H4,86,87,91)(H4,88,89,92)/t36-,37-,38-,39?,41-,42-,43-,44-,45-,46-,47?,48-,49-,50-,51-,52-,53-,54-,59-/m0/s1. The van der Waals surface area contributed by atoms with Gasteiger partial charge in [0, 0.05) is 80.2 Å². The summed E-state index contributed by atoms with van der Waals surface area (Å²) in [5, 5.41) is 80.7. The van der Waals surface area contributed by atoms with Crippen molar-refractivity contribution >= 4 is 185 Å². The molecule has 4 heterocycles. The van der Waals surface area contributed by atoms with Gasteiger partial charge in [-0.1, -0.05) is 57.0 Å². The first kappa shape index (κ1) is 118. The number of amides is 21. The Morgan fingerprint density at radius 2 is 0.942 bits per heavy atom. The van der Waals surface area contributed by atoms with Gasteiger partial charge >= 0.3 is 5.97 Å². The van der Waals surface area contributed by atoms with Gasteiger partial charge in [0.05, 0.1) is 24.9 Å². The molecule has 39 N–H and O–H groups in total. The molecule has 770 valence electrons. The van der Waals surface area contributed by atoms with Crippen LogP contribution in [0.15, 0.2) is 12.5 Å². The molecular weight excluding hydrogens is 1900 g/mol. The number of unbranched alkanes of at least 4 members (excludes halogenated alkanes) is 1. The van der Waals surface area contributed by atoms with Crippen LogP contribution in [0.3, 0.4) is 0 Å². The minimum absolute atomic E-state index is 0.0327. The first-order valence-electron chi connectivity index (χ1n) is 44.3. The number of rotatable bonds is 35. The third-order valence-corrected chi connectivity index (χ3v) is 26.1. The van der Waals surface area contributed by atoms with E-state index in [-0.39, 0.29) is 90.4 Å². The van der Waals surface area contributed by atoms with Crippen LogP contribution in [0.4, 0.5) is 0 Å². The number of carbonyl (C=O) groups is 22. The molecule has 55 nitrogen and oxygen atoms in total. The Morgan fingerprint density at radius 1 is 0.493 bits per heavy atom. The van der Waals surface area contributed by atoms with Crippen molar-refractivity contribution in [2.75, 3.05) is 49.2 Å². The number of nitrogens with two attached hydrogens (primary N) is 8. The number of primary amides is 4. The van der Waals surface area contributed by atoms with Crippen molar-refractivity contribution in [3.05, 3.63) is 18.2 Å². The fourth-order valence-electron chi connectivity index (χ4n) is 13.7. The van der Waals surface area contributed by atoms with Gasteiger partial charge in [-0.25, -0.2) is 4.98 Å². The number of nitrogens with one attached hydrogen (secondary N) is 21. The lowest BCUT2D eigenvalue weighted by Gasteiger charge is -2.30. The normalized spacial score (nSPS) is 25.1. The number of aromatic nitrogens is 2. The van der Waals surface area contributed by atoms with Crippen LogP contribution in [-0.2, 0) is 112 Å². The van der Waals surface area contributed by atoms with Crippen LogP contribution in [0.1, 0.15) is 156 Å². The highest BCUT2D eigenvalue weighted by Crippen LogP contribution is 2.27. The summed E-state index contributed by atoms with van der Waals surface area (Å²) in [6.45, 7) is 7.48. The maximum atomic E-state index is 15.4. The molecule has 4 rings (SSSR count). The number of carboxylic acid groups (broad SMARTS) is 1. The van der Waals surface area contributed by atoms with Crippen molar-refractivity contribution in [2.45, 2.75) is 272 Å². The predicted octanol–water partition coefficient (Wildman–Crippen LogP) is -12.3. The smallest absolute Gasteiger partial charge is 0.303 e. The minimum Gasteiger partial charge on any atom is -0.481 e. The fourth-order valence-corrected chi connectivity index (χ4v) is 18.3. The third-order valence-electron chi connectivity index (χ3n) is 21.2. The van der Waals surface area contributed by atoms with Crippen LogP contribution in [-0.4, -0.2) is 331 Å². The summed E-state index contributed by atoms with van der Waals surface area (Å²) in [6.07, 6.45) is -5.57. The first-order valence-corrected chi connectivity index (χ1v) is 49.3. The molecule has 0 radical (unpaired) electrons. The van der Waals surface area contributed by atoms with Gasteiger partial charge in [-0.05, 0) is 124 Å². The summed E-state index contributed by atoms with van der Waals surface area (Å²) in [5.74, 6) is -29.2. The van der Waals surface area contributed by atoms with Gasteiger partial charge in [-0.2, -0.15) is 0 Å². The van der Waals surface area contributed by atoms with E-state index in [0.717, 1.165) is 47.3 Å². The van der Waals surface area contributed by atoms with E-state index in [0.29, 0.717) is 27.3 Å². The molecule has 3 aliphatic heterocycles. The molecule has 3 fully saturated rings. The summed E-state index contributed by atoms with van der Waals surface area (Å²) >= 11 is 0. The lowest BCUT2D eigenvalue weighted by atomic mass is 10.0. The highest BCUT2D eigenvalue weighted by atomic mass is 33.1. The zero-order valence-electron chi connectivity index (χ0n) is 77.1.